The van der Waals surface area contributed by atoms with Crippen molar-refractivity contribution in [1.82, 2.24) is 0 Å². The second-order valence-corrected chi connectivity index (χ2v) is 5.62. The molecule has 0 radical (unpaired) electrons. The molecule has 1 fully saturated rings. The smallest absolute Gasteiger partial charge is 0.214 e. The van der Waals surface area contributed by atoms with E-state index in [0.29, 0.717) is 5.76 Å². The van der Waals surface area contributed by atoms with Crippen LogP contribution in [0.1, 0.15) is 19.4 Å². The number of ether oxygens (including phenoxy) is 2. The highest BCUT2D eigenvalue weighted by Crippen LogP contribution is 2.41. The minimum absolute atomic E-state index is 0.0182. The molecule has 1 heterocycles. The van der Waals surface area contributed by atoms with Gasteiger partial charge in [0.05, 0.1) is 5.92 Å². The Hall–Kier alpha value is -1.88. The summed E-state index contributed by atoms with van der Waals surface area (Å²) in [6.07, 6.45) is 1.45. The Morgan fingerprint density at radius 3 is 2.57 bits per heavy atom. The molecule has 0 saturated carbocycles. The molecule has 1 aliphatic rings. The Bertz CT molecular complexity index is 512. The van der Waals surface area contributed by atoms with Crippen LogP contribution in [0.3, 0.4) is 0 Å². The van der Waals surface area contributed by atoms with E-state index in [-0.39, 0.29) is 29.2 Å². The van der Waals surface area contributed by atoms with Crippen LogP contribution in [0, 0.1) is 27.9 Å². The van der Waals surface area contributed by atoms with Gasteiger partial charge in [0.15, 0.2) is 0 Å². The molecule has 1 aromatic rings. The third-order valence-electron chi connectivity index (χ3n) is 3.85. The number of rotatable bonds is 5. The Labute approximate surface area is 124 Å². The predicted octanol–water partition coefficient (Wildman–Crippen LogP) is 3.20. The summed E-state index contributed by atoms with van der Waals surface area (Å²) in [7, 11) is 1.58. The summed E-state index contributed by atoms with van der Waals surface area (Å²) in [5.41, 5.74) is 0.972. The molecule has 1 aromatic carbocycles. The molecule has 1 saturated heterocycles. The third kappa shape index (κ3) is 3.61. The van der Waals surface area contributed by atoms with Crippen LogP contribution in [0.2, 0.25) is 0 Å². The van der Waals surface area contributed by atoms with Gasteiger partial charge in [0.1, 0.15) is 5.76 Å². The van der Waals surface area contributed by atoms with Gasteiger partial charge in [-0.1, -0.05) is 44.2 Å². The number of nitrogens with zero attached hydrogens (tertiary/aromatic N) is 1. The van der Waals surface area contributed by atoms with Gasteiger partial charge >= 0.3 is 0 Å². The van der Waals surface area contributed by atoms with E-state index in [4.69, 9.17) is 9.47 Å². The first-order valence-corrected chi connectivity index (χ1v) is 7.10. The van der Waals surface area contributed by atoms with Gasteiger partial charge in [-0.05, 0) is 17.6 Å². The predicted molar refractivity (Wildman–Crippen MR) is 80.0 cm³/mol. The first kappa shape index (κ1) is 15.5. The first-order chi connectivity index (χ1) is 10.0. The van der Waals surface area contributed by atoms with E-state index in [0.717, 1.165) is 5.56 Å². The van der Waals surface area contributed by atoms with E-state index in [1.54, 1.807) is 7.11 Å². The Morgan fingerprint density at radius 1 is 1.38 bits per heavy atom. The molecule has 0 amide bonds. The molecular weight excluding hydrogens is 270 g/mol. The molecule has 1 aliphatic heterocycles. The molecule has 3 atom stereocenters. The van der Waals surface area contributed by atoms with Gasteiger partial charge in [0.2, 0.25) is 12.8 Å². The van der Waals surface area contributed by atoms with Gasteiger partial charge in [-0.25, -0.2) is 0 Å². The van der Waals surface area contributed by atoms with Crippen molar-refractivity contribution in [1.29, 1.82) is 0 Å². The maximum absolute atomic E-state index is 11.0. The van der Waals surface area contributed by atoms with E-state index in [1.807, 2.05) is 50.3 Å². The summed E-state index contributed by atoms with van der Waals surface area (Å²) in [6, 6.07) is 9.68. The zero-order valence-electron chi connectivity index (χ0n) is 12.6. The molecular formula is C16H21NO4. The molecule has 0 aliphatic carbocycles. The fourth-order valence-corrected chi connectivity index (χ4v) is 2.89. The van der Waals surface area contributed by atoms with Crippen LogP contribution >= 0.6 is 0 Å². The molecule has 0 bridgehead atoms. The third-order valence-corrected chi connectivity index (χ3v) is 3.85. The van der Waals surface area contributed by atoms with Crippen molar-refractivity contribution in [3.8, 4) is 0 Å². The van der Waals surface area contributed by atoms with Crippen LogP contribution in [0.4, 0.5) is 0 Å². The molecule has 21 heavy (non-hydrogen) atoms. The Kier molecular flexibility index (Phi) is 4.96. The highest BCUT2D eigenvalue weighted by atomic mass is 16.7. The lowest BCUT2D eigenvalue weighted by molar-refractivity contribution is -0.488. The Morgan fingerprint density at radius 2 is 2.05 bits per heavy atom. The van der Waals surface area contributed by atoms with Gasteiger partial charge in [-0.2, -0.15) is 0 Å². The summed E-state index contributed by atoms with van der Waals surface area (Å²) >= 11 is 0. The first-order valence-electron chi connectivity index (χ1n) is 7.10. The summed E-state index contributed by atoms with van der Waals surface area (Å²) in [5, 5.41) is 11.0. The molecule has 0 N–H and O–H groups in total. The summed E-state index contributed by atoms with van der Waals surface area (Å²) in [5.74, 6) is 0.602. The lowest BCUT2D eigenvalue weighted by Crippen LogP contribution is -2.30. The number of benzene rings is 1. The van der Waals surface area contributed by atoms with E-state index in [9.17, 15) is 10.1 Å². The van der Waals surface area contributed by atoms with Crippen molar-refractivity contribution in [2.24, 2.45) is 17.8 Å². The normalized spacial score (nSPS) is 27.0. The summed E-state index contributed by atoms with van der Waals surface area (Å²) < 4.78 is 11.2. The van der Waals surface area contributed by atoms with Gasteiger partial charge < -0.3 is 9.47 Å². The van der Waals surface area contributed by atoms with Gasteiger partial charge in [-0.3, -0.25) is 10.1 Å². The molecule has 5 heteroatoms. The fourth-order valence-electron chi connectivity index (χ4n) is 2.89. The van der Waals surface area contributed by atoms with Crippen LogP contribution in [0.5, 0.6) is 0 Å². The van der Waals surface area contributed by atoms with Crippen LogP contribution < -0.4 is 0 Å². The maximum Gasteiger partial charge on any atom is 0.214 e. The van der Waals surface area contributed by atoms with Crippen molar-refractivity contribution in [2.75, 3.05) is 13.7 Å². The molecule has 0 aromatic heterocycles. The summed E-state index contributed by atoms with van der Waals surface area (Å²) in [4.78, 5) is 10.7. The lowest BCUT2D eigenvalue weighted by atomic mass is 9.83. The highest BCUT2D eigenvalue weighted by Gasteiger charge is 2.46. The number of hydrogen-bond donors (Lipinski definition) is 0. The molecule has 114 valence electrons. The average Bonchev–Trinajstić information content (AvgIpc) is 2.77. The second kappa shape index (κ2) is 6.72. The minimum Gasteiger partial charge on any atom is -0.468 e. The largest absolute Gasteiger partial charge is 0.468 e. The zero-order valence-corrected chi connectivity index (χ0v) is 12.6. The minimum atomic E-state index is -0.426. The van der Waals surface area contributed by atoms with Gasteiger partial charge in [0, 0.05) is 18.0 Å². The fraction of sp³-hybridized carbons (Fsp3) is 0.500. The van der Waals surface area contributed by atoms with Crippen LogP contribution in [0.25, 0.3) is 6.08 Å². The molecule has 2 rings (SSSR count). The SMILES string of the molecule is CO[C@@H]1O/C(=C\c2ccccc2)[C@@H](C[N+](=O)[O-])[C@H]1C(C)C. The van der Waals surface area contributed by atoms with Crippen molar-refractivity contribution in [2.45, 2.75) is 20.1 Å². The topological polar surface area (TPSA) is 61.6 Å². The molecule has 5 nitrogen and oxygen atoms in total. The van der Waals surface area contributed by atoms with Crippen LogP contribution in [0.15, 0.2) is 36.1 Å². The van der Waals surface area contributed by atoms with Gasteiger partial charge in [-0.15, -0.1) is 0 Å². The summed E-state index contributed by atoms with van der Waals surface area (Å²) in [6.45, 7) is 3.94. The standard InChI is InChI=1S/C16H21NO4/c1-11(2)15-13(10-17(18)19)14(21-16(15)20-3)9-12-7-5-4-6-8-12/h4-9,11,13,15-16H,10H2,1-3H3/b14-9-/t13-,15-,16-/m1/s1. The quantitative estimate of drug-likeness (QED) is 0.617. The number of nitro groups is 1. The van der Waals surface area contributed by atoms with E-state index in [1.165, 1.54) is 0 Å². The van der Waals surface area contributed by atoms with Crippen molar-refractivity contribution in [3.05, 3.63) is 51.8 Å². The highest BCUT2D eigenvalue weighted by molar-refractivity contribution is 5.52. The number of hydrogen-bond acceptors (Lipinski definition) is 4. The zero-order chi connectivity index (χ0) is 15.4. The van der Waals surface area contributed by atoms with E-state index in [2.05, 4.69) is 0 Å². The molecule has 0 unspecified atom stereocenters. The maximum atomic E-state index is 11.0. The number of methoxy groups -OCH3 is 1. The van der Waals surface area contributed by atoms with Crippen LogP contribution in [-0.2, 0) is 9.47 Å². The van der Waals surface area contributed by atoms with Crippen molar-refractivity contribution < 1.29 is 14.4 Å². The average molecular weight is 291 g/mol. The monoisotopic (exact) mass is 291 g/mol. The lowest BCUT2D eigenvalue weighted by Gasteiger charge is -2.22. The molecule has 0 spiro atoms. The second-order valence-electron chi connectivity index (χ2n) is 5.62. The van der Waals surface area contributed by atoms with E-state index < -0.39 is 6.29 Å². The van der Waals surface area contributed by atoms with Gasteiger partial charge in [0.25, 0.3) is 0 Å². The van der Waals surface area contributed by atoms with Crippen molar-refractivity contribution >= 4 is 6.08 Å². The van der Waals surface area contributed by atoms with E-state index >= 15 is 0 Å². The van der Waals surface area contributed by atoms with Crippen molar-refractivity contribution in [3.63, 3.8) is 0 Å². The Balaban J connectivity index is 2.34. The van der Waals surface area contributed by atoms with Crippen LogP contribution in [-0.4, -0.2) is 24.9 Å².